The van der Waals surface area contributed by atoms with Gasteiger partial charge in [-0.15, -0.1) is 0 Å². The van der Waals surface area contributed by atoms with Crippen molar-refractivity contribution in [1.82, 2.24) is 16.2 Å². The number of amides is 3. The first-order valence-corrected chi connectivity index (χ1v) is 8.31. The standard InChI is InChI=1S/C18H21N3O4/c22-17(20-21-18(23)19-11-13-5-4-6-13)16-10-9-15(25-16)12-24-14-7-2-1-3-8-14/h1-3,7-10,13H,4-6,11-12H2,(H,20,22)(H2,19,21,23). The van der Waals surface area contributed by atoms with Crippen LogP contribution in [-0.2, 0) is 6.61 Å². The van der Waals surface area contributed by atoms with Crippen molar-refractivity contribution in [3.8, 4) is 5.75 Å². The fraction of sp³-hybridized carbons (Fsp3) is 0.333. The predicted molar refractivity (Wildman–Crippen MR) is 90.8 cm³/mol. The molecule has 3 rings (SSSR count). The molecule has 3 amide bonds. The molecule has 1 saturated carbocycles. The smallest absolute Gasteiger partial charge is 0.333 e. The van der Waals surface area contributed by atoms with Crippen LogP contribution in [0, 0.1) is 5.92 Å². The number of para-hydroxylation sites is 1. The largest absolute Gasteiger partial charge is 0.486 e. The Hall–Kier alpha value is -2.96. The minimum atomic E-state index is -0.523. The van der Waals surface area contributed by atoms with E-state index in [9.17, 15) is 9.59 Å². The van der Waals surface area contributed by atoms with E-state index in [1.165, 1.54) is 12.5 Å². The minimum absolute atomic E-state index is 0.103. The Kier molecular flexibility index (Phi) is 5.56. The topological polar surface area (TPSA) is 92.6 Å². The average molecular weight is 343 g/mol. The van der Waals surface area contributed by atoms with Crippen LogP contribution in [0.2, 0.25) is 0 Å². The fourth-order valence-electron chi connectivity index (χ4n) is 2.40. The lowest BCUT2D eigenvalue weighted by molar-refractivity contribution is 0.0904. The lowest BCUT2D eigenvalue weighted by Crippen LogP contribution is -2.48. The van der Waals surface area contributed by atoms with Crippen molar-refractivity contribution in [2.45, 2.75) is 25.9 Å². The van der Waals surface area contributed by atoms with Crippen molar-refractivity contribution in [1.29, 1.82) is 0 Å². The molecule has 7 nitrogen and oxygen atoms in total. The van der Waals surface area contributed by atoms with Crippen LogP contribution in [0.25, 0.3) is 0 Å². The summed E-state index contributed by atoms with van der Waals surface area (Å²) >= 11 is 0. The third-order valence-corrected chi connectivity index (χ3v) is 4.08. The van der Waals surface area contributed by atoms with Gasteiger partial charge >= 0.3 is 11.9 Å². The van der Waals surface area contributed by atoms with Crippen LogP contribution in [0.3, 0.4) is 0 Å². The summed E-state index contributed by atoms with van der Waals surface area (Å²) in [5.74, 6) is 1.37. The molecule has 0 radical (unpaired) electrons. The first kappa shape index (κ1) is 16.9. The van der Waals surface area contributed by atoms with E-state index < -0.39 is 11.9 Å². The number of benzene rings is 1. The number of hydrogen-bond donors (Lipinski definition) is 3. The molecule has 132 valence electrons. The molecule has 2 aromatic rings. The van der Waals surface area contributed by atoms with Crippen molar-refractivity contribution >= 4 is 11.9 Å². The number of urea groups is 1. The summed E-state index contributed by atoms with van der Waals surface area (Å²) in [6.07, 6.45) is 3.51. The van der Waals surface area contributed by atoms with E-state index in [2.05, 4.69) is 16.2 Å². The molecule has 1 heterocycles. The van der Waals surface area contributed by atoms with Gasteiger partial charge in [0.15, 0.2) is 5.76 Å². The molecule has 1 fully saturated rings. The van der Waals surface area contributed by atoms with Crippen molar-refractivity contribution < 1.29 is 18.7 Å². The van der Waals surface area contributed by atoms with Gasteiger partial charge < -0.3 is 14.5 Å². The summed E-state index contributed by atoms with van der Waals surface area (Å²) in [6, 6.07) is 12.1. The Bertz CT molecular complexity index is 710. The van der Waals surface area contributed by atoms with Crippen LogP contribution in [0.5, 0.6) is 5.75 Å². The summed E-state index contributed by atoms with van der Waals surface area (Å²) in [5.41, 5.74) is 4.62. The Morgan fingerprint density at radius 1 is 1.08 bits per heavy atom. The zero-order valence-electron chi connectivity index (χ0n) is 13.8. The highest BCUT2D eigenvalue weighted by Gasteiger charge is 2.18. The van der Waals surface area contributed by atoms with Crippen LogP contribution in [0.4, 0.5) is 4.79 Å². The van der Waals surface area contributed by atoms with Gasteiger partial charge in [0.05, 0.1) is 0 Å². The van der Waals surface area contributed by atoms with Gasteiger partial charge in [0.25, 0.3) is 0 Å². The van der Waals surface area contributed by atoms with Gasteiger partial charge in [-0.05, 0) is 43.0 Å². The zero-order valence-corrected chi connectivity index (χ0v) is 13.8. The lowest BCUT2D eigenvalue weighted by atomic mass is 9.85. The Morgan fingerprint density at radius 3 is 2.60 bits per heavy atom. The van der Waals surface area contributed by atoms with E-state index in [0.29, 0.717) is 18.2 Å². The highest BCUT2D eigenvalue weighted by molar-refractivity contribution is 5.92. The number of carbonyl (C=O) groups excluding carboxylic acids is 2. The molecule has 0 spiro atoms. The van der Waals surface area contributed by atoms with Crippen LogP contribution >= 0.6 is 0 Å². The summed E-state index contributed by atoms with van der Waals surface area (Å²) in [6.45, 7) is 0.843. The number of carbonyl (C=O) groups is 2. The Balaban J connectivity index is 1.40. The van der Waals surface area contributed by atoms with Crippen molar-refractivity contribution in [3.63, 3.8) is 0 Å². The molecule has 1 aromatic heterocycles. The second-order valence-electron chi connectivity index (χ2n) is 5.95. The fourth-order valence-corrected chi connectivity index (χ4v) is 2.40. The van der Waals surface area contributed by atoms with Gasteiger partial charge in [0.1, 0.15) is 18.1 Å². The molecule has 1 aromatic carbocycles. The van der Waals surface area contributed by atoms with Crippen molar-refractivity contribution in [2.24, 2.45) is 5.92 Å². The van der Waals surface area contributed by atoms with E-state index in [1.54, 1.807) is 6.07 Å². The third-order valence-electron chi connectivity index (χ3n) is 4.08. The van der Waals surface area contributed by atoms with Gasteiger partial charge in [-0.3, -0.25) is 10.2 Å². The molecule has 1 aliphatic rings. The van der Waals surface area contributed by atoms with Crippen LogP contribution < -0.4 is 20.9 Å². The van der Waals surface area contributed by atoms with Gasteiger partial charge in [-0.25, -0.2) is 10.2 Å². The van der Waals surface area contributed by atoms with Gasteiger partial charge in [0, 0.05) is 6.54 Å². The zero-order chi connectivity index (χ0) is 17.5. The molecule has 3 N–H and O–H groups in total. The molecule has 7 heteroatoms. The van der Waals surface area contributed by atoms with Crippen molar-refractivity contribution in [3.05, 3.63) is 54.0 Å². The second kappa shape index (κ2) is 8.23. The molecule has 0 saturated heterocycles. The molecular formula is C18H21N3O4. The minimum Gasteiger partial charge on any atom is -0.486 e. The summed E-state index contributed by atoms with van der Waals surface area (Å²) in [5, 5.41) is 2.72. The van der Waals surface area contributed by atoms with Crippen LogP contribution in [0.15, 0.2) is 46.9 Å². The summed E-state index contributed by atoms with van der Waals surface area (Å²) < 4.78 is 11.0. The predicted octanol–water partition coefficient (Wildman–Crippen LogP) is 2.60. The quantitative estimate of drug-likeness (QED) is 0.703. The first-order chi connectivity index (χ1) is 12.2. The number of nitrogens with one attached hydrogen (secondary N) is 3. The monoisotopic (exact) mass is 343 g/mol. The molecule has 25 heavy (non-hydrogen) atoms. The number of ether oxygens (including phenoxy) is 1. The van der Waals surface area contributed by atoms with E-state index in [1.807, 2.05) is 30.3 Å². The molecule has 0 atom stereocenters. The van der Waals surface area contributed by atoms with E-state index in [-0.39, 0.29) is 12.4 Å². The van der Waals surface area contributed by atoms with Crippen molar-refractivity contribution in [2.75, 3.05) is 6.54 Å². The maximum atomic E-state index is 12.0. The lowest BCUT2D eigenvalue weighted by Gasteiger charge is -2.25. The van der Waals surface area contributed by atoms with E-state index >= 15 is 0 Å². The highest BCUT2D eigenvalue weighted by atomic mass is 16.5. The van der Waals surface area contributed by atoms with Gasteiger partial charge in [0.2, 0.25) is 0 Å². The van der Waals surface area contributed by atoms with Gasteiger partial charge in [-0.2, -0.15) is 0 Å². The molecule has 0 unspecified atom stereocenters. The Morgan fingerprint density at radius 2 is 1.88 bits per heavy atom. The molecule has 1 aliphatic carbocycles. The van der Waals surface area contributed by atoms with Crippen LogP contribution in [0.1, 0.15) is 35.6 Å². The maximum absolute atomic E-state index is 12.0. The second-order valence-corrected chi connectivity index (χ2v) is 5.95. The number of furan rings is 1. The molecule has 0 bridgehead atoms. The number of rotatable bonds is 6. The van der Waals surface area contributed by atoms with E-state index in [0.717, 1.165) is 18.6 Å². The number of hydrazine groups is 1. The Labute approximate surface area is 145 Å². The first-order valence-electron chi connectivity index (χ1n) is 8.31. The summed E-state index contributed by atoms with van der Waals surface area (Å²) in [7, 11) is 0. The van der Waals surface area contributed by atoms with E-state index in [4.69, 9.17) is 9.15 Å². The molecule has 0 aliphatic heterocycles. The SMILES string of the molecule is O=C(NCC1CCC1)NNC(=O)c1ccc(COc2ccccc2)o1. The average Bonchev–Trinajstić information content (AvgIpc) is 3.06. The normalized spacial score (nSPS) is 13.6. The third kappa shape index (κ3) is 5.00. The van der Waals surface area contributed by atoms with Gasteiger partial charge in [-0.1, -0.05) is 24.6 Å². The highest BCUT2D eigenvalue weighted by Crippen LogP contribution is 2.24. The van der Waals surface area contributed by atoms with Crippen LogP contribution in [-0.4, -0.2) is 18.5 Å². The maximum Gasteiger partial charge on any atom is 0.333 e. The number of hydrogen-bond acceptors (Lipinski definition) is 4. The summed E-state index contributed by atoms with van der Waals surface area (Å²) in [4.78, 5) is 23.6. The molecular weight excluding hydrogens is 322 g/mol.